The molecule has 1 fully saturated rings. The lowest BCUT2D eigenvalue weighted by Gasteiger charge is -2.22. The first kappa shape index (κ1) is 13.1. The summed E-state index contributed by atoms with van der Waals surface area (Å²) in [5.41, 5.74) is 1.08. The van der Waals surface area contributed by atoms with E-state index >= 15 is 0 Å². The number of nitrogens with zero attached hydrogens (tertiary/aromatic N) is 1. The molecule has 2 unspecified atom stereocenters. The van der Waals surface area contributed by atoms with E-state index in [9.17, 15) is 0 Å². The van der Waals surface area contributed by atoms with E-state index in [0.29, 0.717) is 25.3 Å². The van der Waals surface area contributed by atoms with Gasteiger partial charge in [0.05, 0.1) is 5.69 Å². The van der Waals surface area contributed by atoms with Crippen molar-refractivity contribution in [3.05, 3.63) is 16.6 Å². The van der Waals surface area contributed by atoms with Crippen LogP contribution in [-0.2, 0) is 0 Å². The molecule has 0 bridgehead atoms. The number of likely N-dealkylation sites (tertiary alicyclic amines) is 1. The van der Waals surface area contributed by atoms with Crippen LogP contribution in [0.25, 0.3) is 0 Å². The van der Waals surface area contributed by atoms with E-state index in [4.69, 9.17) is 9.47 Å². The Labute approximate surface area is 122 Å². The molecule has 5 heteroatoms. The number of fused-ring (bicyclic) bond motifs is 1. The van der Waals surface area contributed by atoms with E-state index < -0.39 is 0 Å². The van der Waals surface area contributed by atoms with Gasteiger partial charge in [-0.3, -0.25) is 0 Å². The van der Waals surface area contributed by atoms with Gasteiger partial charge < -0.3 is 19.7 Å². The smallest absolute Gasteiger partial charge is 0.163 e. The quantitative estimate of drug-likeness (QED) is 0.906. The zero-order chi connectivity index (χ0) is 13.4. The monoisotopic (exact) mass is 326 g/mol. The highest BCUT2D eigenvalue weighted by Gasteiger charge is 2.26. The Kier molecular flexibility index (Phi) is 3.58. The molecule has 1 N–H and O–H groups in total. The first-order valence-corrected chi connectivity index (χ1v) is 7.48. The Hall–Kier alpha value is -0.940. The molecule has 0 aromatic heterocycles. The summed E-state index contributed by atoms with van der Waals surface area (Å²) in [6, 6.07) is 5.13. The van der Waals surface area contributed by atoms with Gasteiger partial charge >= 0.3 is 0 Å². The van der Waals surface area contributed by atoms with Gasteiger partial charge in [0.25, 0.3) is 0 Å². The Morgan fingerprint density at radius 1 is 1.26 bits per heavy atom. The van der Waals surface area contributed by atoms with Crippen LogP contribution in [0.3, 0.4) is 0 Å². The van der Waals surface area contributed by atoms with Crippen LogP contribution < -0.4 is 14.8 Å². The summed E-state index contributed by atoms with van der Waals surface area (Å²) in [4.78, 5) is 2.38. The summed E-state index contributed by atoms with van der Waals surface area (Å²) in [5, 5.41) is 3.60. The highest BCUT2D eigenvalue weighted by molar-refractivity contribution is 9.10. The van der Waals surface area contributed by atoms with E-state index in [1.54, 1.807) is 0 Å². The Bertz CT molecular complexity index is 471. The van der Waals surface area contributed by atoms with Crippen LogP contribution >= 0.6 is 15.9 Å². The number of hydrogen-bond donors (Lipinski definition) is 1. The summed E-state index contributed by atoms with van der Waals surface area (Å²) in [6.07, 6.45) is 1.16. The molecule has 1 aromatic carbocycles. The van der Waals surface area contributed by atoms with Gasteiger partial charge in [0.2, 0.25) is 0 Å². The second kappa shape index (κ2) is 5.21. The molecular weight excluding hydrogens is 308 g/mol. The number of rotatable bonds is 2. The minimum absolute atomic E-state index is 0.485. The lowest BCUT2D eigenvalue weighted by atomic mass is 10.1. The molecule has 0 amide bonds. The van der Waals surface area contributed by atoms with Gasteiger partial charge in [-0.2, -0.15) is 0 Å². The molecule has 3 rings (SSSR count). The van der Waals surface area contributed by atoms with E-state index in [0.717, 1.165) is 34.6 Å². The standard InChI is InChI=1S/C14H19BrN2O2/c1-9-5-10(8-17(9)2)16-12-7-14-13(6-11(12)15)18-3-4-19-14/h6-7,9-10,16H,3-5,8H2,1-2H3. The third kappa shape index (κ3) is 2.67. The summed E-state index contributed by atoms with van der Waals surface area (Å²) >= 11 is 3.60. The van der Waals surface area contributed by atoms with Gasteiger partial charge in [-0.25, -0.2) is 0 Å². The fourth-order valence-electron chi connectivity index (χ4n) is 2.69. The molecule has 1 aromatic rings. The van der Waals surface area contributed by atoms with Crippen LogP contribution in [0, 0.1) is 0 Å². The Morgan fingerprint density at radius 3 is 2.58 bits per heavy atom. The topological polar surface area (TPSA) is 33.7 Å². The third-order valence-electron chi connectivity index (χ3n) is 3.88. The minimum Gasteiger partial charge on any atom is -0.486 e. The van der Waals surface area contributed by atoms with E-state index in [-0.39, 0.29) is 0 Å². The summed E-state index contributed by atoms with van der Waals surface area (Å²) in [6.45, 7) is 4.58. The molecule has 0 radical (unpaired) electrons. The lowest BCUT2D eigenvalue weighted by molar-refractivity contribution is 0.171. The summed E-state index contributed by atoms with van der Waals surface area (Å²) in [7, 11) is 2.17. The van der Waals surface area contributed by atoms with Crippen LogP contribution in [0.5, 0.6) is 11.5 Å². The van der Waals surface area contributed by atoms with Gasteiger partial charge in [0, 0.05) is 35.2 Å². The maximum Gasteiger partial charge on any atom is 0.163 e. The maximum atomic E-state index is 5.63. The first-order chi connectivity index (χ1) is 9.13. The van der Waals surface area contributed by atoms with Crippen molar-refractivity contribution in [2.45, 2.75) is 25.4 Å². The normalized spacial score (nSPS) is 26.5. The predicted octanol–water partition coefficient (Wildman–Crippen LogP) is 2.72. The van der Waals surface area contributed by atoms with Gasteiger partial charge in [-0.1, -0.05) is 0 Å². The molecular formula is C14H19BrN2O2. The fourth-order valence-corrected chi connectivity index (χ4v) is 3.13. The number of anilines is 1. The molecule has 2 heterocycles. The van der Waals surface area contributed by atoms with Crippen LogP contribution in [0.4, 0.5) is 5.69 Å². The molecule has 0 spiro atoms. The van der Waals surface area contributed by atoms with Crippen molar-refractivity contribution >= 4 is 21.6 Å². The molecule has 2 atom stereocenters. The second-order valence-electron chi connectivity index (χ2n) is 5.34. The molecule has 1 saturated heterocycles. The highest BCUT2D eigenvalue weighted by atomic mass is 79.9. The van der Waals surface area contributed by atoms with Gasteiger partial charge in [-0.15, -0.1) is 0 Å². The molecule has 19 heavy (non-hydrogen) atoms. The van der Waals surface area contributed by atoms with Gasteiger partial charge in [0.1, 0.15) is 13.2 Å². The number of likely N-dealkylation sites (N-methyl/N-ethyl adjacent to an activating group) is 1. The SMILES string of the molecule is CC1CC(Nc2cc3c(cc2Br)OCCO3)CN1C. The predicted molar refractivity (Wildman–Crippen MR) is 79.3 cm³/mol. The van der Waals surface area contributed by atoms with Crippen LogP contribution in [0.2, 0.25) is 0 Å². The van der Waals surface area contributed by atoms with Crippen molar-refractivity contribution in [2.24, 2.45) is 0 Å². The van der Waals surface area contributed by atoms with Crippen molar-refractivity contribution in [2.75, 3.05) is 32.1 Å². The lowest BCUT2D eigenvalue weighted by Crippen LogP contribution is -2.25. The van der Waals surface area contributed by atoms with E-state index in [2.05, 4.69) is 40.1 Å². The first-order valence-electron chi connectivity index (χ1n) is 6.69. The van der Waals surface area contributed by atoms with Crippen molar-refractivity contribution in [1.29, 1.82) is 0 Å². The van der Waals surface area contributed by atoms with Gasteiger partial charge in [0.15, 0.2) is 11.5 Å². The largest absolute Gasteiger partial charge is 0.486 e. The number of ether oxygens (including phenoxy) is 2. The summed E-state index contributed by atoms with van der Waals surface area (Å²) in [5.74, 6) is 1.65. The molecule has 2 aliphatic heterocycles. The zero-order valence-electron chi connectivity index (χ0n) is 11.3. The van der Waals surface area contributed by atoms with Crippen molar-refractivity contribution in [1.82, 2.24) is 4.90 Å². The molecule has 2 aliphatic rings. The van der Waals surface area contributed by atoms with Crippen LogP contribution in [0.1, 0.15) is 13.3 Å². The molecule has 104 valence electrons. The Morgan fingerprint density at radius 2 is 1.95 bits per heavy atom. The van der Waals surface area contributed by atoms with Crippen molar-refractivity contribution in [3.8, 4) is 11.5 Å². The number of hydrogen-bond acceptors (Lipinski definition) is 4. The average molecular weight is 327 g/mol. The molecule has 0 saturated carbocycles. The molecule has 0 aliphatic carbocycles. The van der Waals surface area contributed by atoms with E-state index in [1.807, 2.05) is 12.1 Å². The van der Waals surface area contributed by atoms with E-state index in [1.165, 1.54) is 0 Å². The van der Waals surface area contributed by atoms with Crippen LogP contribution in [-0.4, -0.2) is 43.8 Å². The summed E-state index contributed by atoms with van der Waals surface area (Å²) < 4.78 is 12.2. The van der Waals surface area contributed by atoms with Gasteiger partial charge in [-0.05, 0) is 36.3 Å². The number of benzene rings is 1. The minimum atomic E-state index is 0.485. The zero-order valence-corrected chi connectivity index (χ0v) is 12.9. The maximum absolute atomic E-state index is 5.63. The van der Waals surface area contributed by atoms with Crippen LogP contribution in [0.15, 0.2) is 16.6 Å². The second-order valence-corrected chi connectivity index (χ2v) is 6.20. The molecule has 4 nitrogen and oxygen atoms in total. The highest BCUT2D eigenvalue weighted by Crippen LogP contribution is 2.38. The average Bonchev–Trinajstić information content (AvgIpc) is 2.69. The third-order valence-corrected chi connectivity index (χ3v) is 4.53. The number of halogens is 1. The van der Waals surface area contributed by atoms with Crippen molar-refractivity contribution in [3.63, 3.8) is 0 Å². The van der Waals surface area contributed by atoms with Crippen molar-refractivity contribution < 1.29 is 9.47 Å². The number of nitrogens with one attached hydrogen (secondary N) is 1. The Balaban J connectivity index is 1.77. The fraction of sp³-hybridized carbons (Fsp3) is 0.571.